The summed E-state index contributed by atoms with van der Waals surface area (Å²) in [5, 5.41) is 15.6. The molecule has 34 heavy (non-hydrogen) atoms. The predicted molar refractivity (Wildman–Crippen MR) is 130 cm³/mol. The highest BCUT2D eigenvalue weighted by Gasteiger charge is 2.26. The number of piperidine rings is 1. The first-order valence-corrected chi connectivity index (χ1v) is 11.6. The van der Waals surface area contributed by atoms with E-state index in [1.54, 1.807) is 0 Å². The monoisotopic (exact) mass is 464 g/mol. The Morgan fingerprint density at radius 1 is 0.912 bits per heavy atom. The van der Waals surface area contributed by atoms with Gasteiger partial charge in [0.15, 0.2) is 0 Å². The van der Waals surface area contributed by atoms with Crippen molar-refractivity contribution in [3.8, 4) is 0 Å². The number of carboxylic acid groups (broad SMARTS) is 2. The predicted octanol–water partition coefficient (Wildman–Crippen LogP) is 3.62. The lowest BCUT2D eigenvalue weighted by molar-refractivity contribution is -0.134. The highest BCUT2D eigenvalue weighted by Crippen LogP contribution is 2.24. The van der Waals surface area contributed by atoms with Crippen molar-refractivity contribution in [2.45, 2.75) is 32.7 Å². The molecule has 0 aliphatic carbocycles. The van der Waals surface area contributed by atoms with Crippen molar-refractivity contribution in [1.29, 1.82) is 0 Å². The highest BCUT2D eigenvalue weighted by molar-refractivity contribution is 5.94. The second-order valence-corrected chi connectivity index (χ2v) is 8.87. The van der Waals surface area contributed by atoms with E-state index in [0.717, 1.165) is 43.6 Å². The average Bonchev–Trinajstić information content (AvgIpc) is 2.83. The van der Waals surface area contributed by atoms with E-state index >= 15 is 0 Å². The molecular weight excluding hydrogens is 432 g/mol. The molecule has 7 nitrogen and oxygen atoms in total. The van der Waals surface area contributed by atoms with Crippen LogP contribution in [-0.2, 0) is 22.6 Å². The van der Waals surface area contributed by atoms with Gasteiger partial charge in [0.05, 0.1) is 0 Å². The number of hydrogen-bond donors (Lipinski definition) is 2. The highest BCUT2D eigenvalue weighted by atomic mass is 16.4. The van der Waals surface area contributed by atoms with Gasteiger partial charge in [-0.2, -0.15) is 0 Å². The molecule has 0 saturated carbocycles. The second-order valence-electron chi connectivity index (χ2n) is 8.87. The molecule has 4 rings (SSSR count). The first kappa shape index (κ1) is 25.2. The van der Waals surface area contributed by atoms with E-state index < -0.39 is 11.9 Å². The van der Waals surface area contributed by atoms with E-state index in [-0.39, 0.29) is 5.91 Å². The SMILES string of the molecule is Cc1cccc(C(=O)N2CCC(CN3CCc4ccccc4C3)CC2)c1.O=C(O)/C=C/C(=O)O. The summed E-state index contributed by atoms with van der Waals surface area (Å²) in [6.45, 7) is 7.24. The van der Waals surface area contributed by atoms with Gasteiger partial charge in [-0.3, -0.25) is 9.69 Å². The third-order valence-corrected chi connectivity index (χ3v) is 6.26. The zero-order valence-corrected chi connectivity index (χ0v) is 19.5. The van der Waals surface area contributed by atoms with Gasteiger partial charge in [0.1, 0.15) is 0 Å². The molecule has 2 N–H and O–H groups in total. The number of benzene rings is 2. The first-order valence-electron chi connectivity index (χ1n) is 11.6. The van der Waals surface area contributed by atoms with Crippen molar-refractivity contribution in [2.75, 3.05) is 26.2 Å². The van der Waals surface area contributed by atoms with Crippen molar-refractivity contribution in [3.05, 3.63) is 82.9 Å². The Labute approximate surface area is 200 Å². The van der Waals surface area contributed by atoms with Crippen LogP contribution in [0.3, 0.4) is 0 Å². The minimum Gasteiger partial charge on any atom is -0.478 e. The Hall–Kier alpha value is -3.45. The summed E-state index contributed by atoms with van der Waals surface area (Å²) >= 11 is 0. The Bertz CT molecular complexity index is 1020. The van der Waals surface area contributed by atoms with Gasteiger partial charge in [-0.1, -0.05) is 42.0 Å². The number of amides is 1. The van der Waals surface area contributed by atoms with Gasteiger partial charge in [-0.15, -0.1) is 0 Å². The van der Waals surface area contributed by atoms with Crippen LogP contribution in [0, 0.1) is 12.8 Å². The van der Waals surface area contributed by atoms with E-state index in [2.05, 4.69) is 29.2 Å². The van der Waals surface area contributed by atoms with Gasteiger partial charge in [0, 0.05) is 50.4 Å². The van der Waals surface area contributed by atoms with Gasteiger partial charge in [0.2, 0.25) is 0 Å². The number of hydrogen-bond acceptors (Lipinski definition) is 4. The fourth-order valence-corrected chi connectivity index (χ4v) is 4.50. The number of fused-ring (bicyclic) bond motifs is 1. The summed E-state index contributed by atoms with van der Waals surface area (Å²) in [7, 11) is 0. The zero-order chi connectivity index (χ0) is 24.5. The van der Waals surface area contributed by atoms with E-state index in [1.165, 1.54) is 30.6 Å². The average molecular weight is 465 g/mol. The maximum Gasteiger partial charge on any atom is 0.328 e. The standard InChI is InChI=1S/C23H28N2O.C4H4O4/c1-18-5-4-8-21(15-18)23(26)25-13-9-19(10-14-25)16-24-12-11-20-6-2-3-7-22(20)17-24;5-3(6)1-2-4(7)8/h2-8,15,19H,9-14,16-17H2,1H3;1-2H,(H,5,6)(H,7,8)/b;2-1+. The molecule has 2 aliphatic rings. The van der Waals surface area contributed by atoms with Crippen LogP contribution in [0.1, 0.15) is 39.9 Å². The van der Waals surface area contributed by atoms with Crippen LogP contribution < -0.4 is 0 Å². The number of carbonyl (C=O) groups is 3. The van der Waals surface area contributed by atoms with E-state index in [4.69, 9.17) is 10.2 Å². The molecule has 1 fully saturated rings. The van der Waals surface area contributed by atoms with Crippen molar-refractivity contribution >= 4 is 17.8 Å². The number of likely N-dealkylation sites (tertiary alicyclic amines) is 1. The van der Waals surface area contributed by atoms with E-state index in [1.807, 2.05) is 36.1 Å². The summed E-state index contributed by atoms with van der Waals surface area (Å²) < 4.78 is 0. The van der Waals surface area contributed by atoms with Crippen LogP contribution in [0.15, 0.2) is 60.7 Å². The van der Waals surface area contributed by atoms with Crippen molar-refractivity contribution in [2.24, 2.45) is 5.92 Å². The Morgan fingerprint density at radius 3 is 2.18 bits per heavy atom. The smallest absolute Gasteiger partial charge is 0.328 e. The van der Waals surface area contributed by atoms with Crippen LogP contribution in [0.2, 0.25) is 0 Å². The maximum atomic E-state index is 12.7. The summed E-state index contributed by atoms with van der Waals surface area (Å²) in [5.41, 5.74) is 4.99. The van der Waals surface area contributed by atoms with Crippen LogP contribution in [0.5, 0.6) is 0 Å². The number of aryl methyl sites for hydroxylation is 1. The molecule has 0 aromatic heterocycles. The fraction of sp³-hybridized carbons (Fsp3) is 0.370. The molecule has 2 aromatic rings. The molecule has 180 valence electrons. The van der Waals surface area contributed by atoms with E-state index in [0.29, 0.717) is 18.1 Å². The van der Waals surface area contributed by atoms with Crippen molar-refractivity contribution in [1.82, 2.24) is 9.80 Å². The maximum absolute atomic E-state index is 12.7. The van der Waals surface area contributed by atoms with Crippen LogP contribution >= 0.6 is 0 Å². The molecule has 0 radical (unpaired) electrons. The molecule has 1 saturated heterocycles. The quantitative estimate of drug-likeness (QED) is 0.656. The van der Waals surface area contributed by atoms with Gasteiger partial charge in [-0.05, 0) is 55.4 Å². The minimum absolute atomic E-state index is 0.194. The van der Waals surface area contributed by atoms with Crippen molar-refractivity contribution in [3.63, 3.8) is 0 Å². The summed E-state index contributed by atoms with van der Waals surface area (Å²) in [4.78, 5) is 36.4. The minimum atomic E-state index is -1.26. The van der Waals surface area contributed by atoms with Gasteiger partial charge < -0.3 is 15.1 Å². The molecule has 7 heteroatoms. The number of carbonyl (C=O) groups excluding carboxylic acids is 1. The molecule has 0 unspecified atom stereocenters. The van der Waals surface area contributed by atoms with Crippen LogP contribution in [0.4, 0.5) is 0 Å². The lowest BCUT2D eigenvalue weighted by Gasteiger charge is -2.36. The van der Waals surface area contributed by atoms with Gasteiger partial charge in [0.25, 0.3) is 5.91 Å². The number of rotatable bonds is 5. The van der Waals surface area contributed by atoms with Crippen molar-refractivity contribution < 1.29 is 24.6 Å². The molecule has 2 aliphatic heterocycles. The third kappa shape index (κ3) is 7.56. The van der Waals surface area contributed by atoms with E-state index in [9.17, 15) is 14.4 Å². The lowest BCUT2D eigenvalue weighted by Crippen LogP contribution is -2.42. The largest absolute Gasteiger partial charge is 0.478 e. The molecular formula is C27H32N2O5. The molecule has 2 aromatic carbocycles. The Kier molecular flexibility index (Phi) is 8.99. The summed E-state index contributed by atoms with van der Waals surface area (Å²) in [6, 6.07) is 16.8. The van der Waals surface area contributed by atoms with Gasteiger partial charge >= 0.3 is 11.9 Å². The lowest BCUT2D eigenvalue weighted by atomic mass is 9.93. The third-order valence-electron chi connectivity index (χ3n) is 6.26. The van der Waals surface area contributed by atoms with Crippen LogP contribution in [-0.4, -0.2) is 64.0 Å². The topological polar surface area (TPSA) is 98.2 Å². The Balaban J connectivity index is 0.000000350. The molecule has 0 spiro atoms. The number of nitrogens with zero attached hydrogens (tertiary/aromatic N) is 2. The number of carboxylic acids is 2. The van der Waals surface area contributed by atoms with Gasteiger partial charge in [-0.25, -0.2) is 9.59 Å². The summed E-state index contributed by atoms with van der Waals surface area (Å²) in [5.74, 6) is -1.61. The zero-order valence-electron chi connectivity index (χ0n) is 19.5. The number of aliphatic carboxylic acids is 2. The second kappa shape index (κ2) is 12.1. The first-order chi connectivity index (χ1) is 16.3. The summed E-state index contributed by atoms with van der Waals surface area (Å²) in [6.07, 6.45) is 4.52. The molecule has 0 bridgehead atoms. The molecule has 2 heterocycles. The fourth-order valence-electron chi connectivity index (χ4n) is 4.50. The normalized spacial score (nSPS) is 16.4. The molecule has 0 atom stereocenters. The van der Waals surface area contributed by atoms with Crippen LogP contribution in [0.25, 0.3) is 0 Å². The Morgan fingerprint density at radius 2 is 1.56 bits per heavy atom. The molecule has 1 amide bonds.